The van der Waals surface area contributed by atoms with Gasteiger partial charge in [-0.25, -0.2) is 4.79 Å². The quantitative estimate of drug-likeness (QED) is 0.779. The van der Waals surface area contributed by atoms with Gasteiger partial charge >= 0.3 is 5.97 Å². The molecule has 1 fully saturated rings. The van der Waals surface area contributed by atoms with Crippen molar-refractivity contribution in [2.75, 3.05) is 20.2 Å². The summed E-state index contributed by atoms with van der Waals surface area (Å²) in [5.41, 5.74) is 1.49. The number of carbonyl (C=O) groups is 2. The minimum Gasteiger partial charge on any atom is -0.465 e. The molecule has 1 heterocycles. The Morgan fingerprint density at radius 2 is 2.10 bits per heavy atom. The average Bonchev–Trinajstić information content (AvgIpc) is 3.04. The molecule has 0 radical (unpaired) electrons. The normalized spacial score (nSPS) is 17.5. The van der Waals surface area contributed by atoms with E-state index in [2.05, 4.69) is 15.4 Å². The summed E-state index contributed by atoms with van der Waals surface area (Å²) in [4.78, 5) is 23.1. The summed E-state index contributed by atoms with van der Waals surface area (Å²) in [7, 11) is 1.36. The van der Waals surface area contributed by atoms with E-state index in [1.807, 2.05) is 12.1 Å². The van der Waals surface area contributed by atoms with Gasteiger partial charge in [-0.05, 0) is 49.5 Å². The average molecular weight is 290 g/mol. The molecule has 0 aromatic heterocycles. The van der Waals surface area contributed by atoms with E-state index in [4.69, 9.17) is 0 Å². The number of hydrogen-bond acceptors (Lipinski definition) is 4. The third-order valence-electron chi connectivity index (χ3n) is 3.81. The molecule has 2 rings (SSSR count). The zero-order chi connectivity index (χ0) is 15.1. The van der Waals surface area contributed by atoms with Crippen LogP contribution in [-0.4, -0.2) is 32.1 Å². The predicted octanol–water partition coefficient (Wildman–Crippen LogP) is 1.48. The molecule has 1 atom stereocenters. The van der Waals surface area contributed by atoms with Crippen LogP contribution < -0.4 is 10.6 Å². The number of amides is 1. The number of benzene rings is 1. The van der Waals surface area contributed by atoms with E-state index in [0.29, 0.717) is 24.4 Å². The van der Waals surface area contributed by atoms with Crippen LogP contribution in [0, 0.1) is 5.92 Å². The summed E-state index contributed by atoms with van der Waals surface area (Å²) in [5.74, 6) is 0.366. The van der Waals surface area contributed by atoms with Crippen molar-refractivity contribution in [1.82, 2.24) is 10.6 Å². The van der Waals surface area contributed by atoms with Gasteiger partial charge in [-0.3, -0.25) is 4.79 Å². The van der Waals surface area contributed by atoms with E-state index in [0.717, 1.165) is 25.1 Å². The van der Waals surface area contributed by atoms with Crippen molar-refractivity contribution in [3.63, 3.8) is 0 Å². The molecule has 0 spiro atoms. The molecule has 1 unspecified atom stereocenters. The van der Waals surface area contributed by atoms with Gasteiger partial charge in [0.15, 0.2) is 0 Å². The molecule has 2 N–H and O–H groups in total. The van der Waals surface area contributed by atoms with Gasteiger partial charge in [0.2, 0.25) is 5.91 Å². The maximum absolute atomic E-state index is 11.8. The second kappa shape index (κ2) is 7.78. The fourth-order valence-electron chi connectivity index (χ4n) is 2.46. The summed E-state index contributed by atoms with van der Waals surface area (Å²) in [6.07, 6.45) is 2.69. The van der Waals surface area contributed by atoms with Gasteiger partial charge in [-0.1, -0.05) is 12.1 Å². The van der Waals surface area contributed by atoms with Crippen molar-refractivity contribution in [3.8, 4) is 0 Å². The first-order chi connectivity index (χ1) is 10.2. The first-order valence-electron chi connectivity index (χ1n) is 7.33. The van der Waals surface area contributed by atoms with Gasteiger partial charge in [0.1, 0.15) is 0 Å². The molecule has 1 saturated heterocycles. The van der Waals surface area contributed by atoms with Crippen molar-refractivity contribution >= 4 is 11.9 Å². The summed E-state index contributed by atoms with van der Waals surface area (Å²) < 4.78 is 4.64. The number of ether oxygens (including phenoxy) is 1. The van der Waals surface area contributed by atoms with Crippen LogP contribution in [0.1, 0.15) is 35.2 Å². The number of rotatable bonds is 6. The van der Waals surface area contributed by atoms with Gasteiger partial charge in [0.25, 0.3) is 0 Å². The Morgan fingerprint density at radius 3 is 2.71 bits per heavy atom. The summed E-state index contributed by atoms with van der Waals surface area (Å²) in [6, 6.07) is 7.07. The highest BCUT2D eigenvalue weighted by Gasteiger charge is 2.15. The van der Waals surface area contributed by atoms with Crippen molar-refractivity contribution in [3.05, 3.63) is 35.4 Å². The number of carbonyl (C=O) groups excluding carboxylic acids is 2. The summed E-state index contributed by atoms with van der Waals surface area (Å²) in [6.45, 7) is 2.59. The second-order valence-corrected chi connectivity index (χ2v) is 5.36. The van der Waals surface area contributed by atoms with Crippen LogP contribution >= 0.6 is 0 Å². The van der Waals surface area contributed by atoms with Crippen LogP contribution in [0.2, 0.25) is 0 Å². The maximum Gasteiger partial charge on any atom is 0.337 e. The summed E-state index contributed by atoms with van der Waals surface area (Å²) >= 11 is 0. The molecule has 0 saturated carbocycles. The zero-order valence-electron chi connectivity index (χ0n) is 12.4. The molecular weight excluding hydrogens is 268 g/mol. The third-order valence-corrected chi connectivity index (χ3v) is 3.81. The predicted molar refractivity (Wildman–Crippen MR) is 79.8 cm³/mol. The monoisotopic (exact) mass is 290 g/mol. The van der Waals surface area contributed by atoms with Crippen LogP contribution in [0.3, 0.4) is 0 Å². The standard InChI is InChI=1S/C16H22N2O3/c1-21-16(20)14-5-2-12(3-6-14)11-18-15(19)7-4-13-8-9-17-10-13/h2-3,5-6,13,17H,4,7-11H2,1H3,(H,18,19). The van der Waals surface area contributed by atoms with Crippen molar-refractivity contribution < 1.29 is 14.3 Å². The van der Waals surface area contributed by atoms with Crippen molar-refractivity contribution in [1.29, 1.82) is 0 Å². The number of nitrogens with one attached hydrogen (secondary N) is 2. The first-order valence-corrected chi connectivity index (χ1v) is 7.33. The smallest absolute Gasteiger partial charge is 0.337 e. The lowest BCUT2D eigenvalue weighted by atomic mass is 10.0. The lowest BCUT2D eigenvalue weighted by Crippen LogP contribution is -2.23. The highest BCUT2D eigenvalue weighted by Crippen LogP contribution is 2.14. The lowest BCUT2D eigenvalue weighted by molar-refractivity contribution is -0.121. The lowest BCUT2D eigenvalue weighted by Gasteiger charge is -2.09. The molecule has 1 aliphatic rings. The second-order valence-electron chi connectivity index (χ2n) is 5.36. The molecular formula is C16H22N2O3. The van der Waals surface area contributed by atoms with Gasteiger partial charge in [-0.15, -0.1) is 0 Å². The van der Waals surface area contributed by atoms with Crippen LogP contribution in [0.5, 0.6) is 0 Å². The van der Waals surface area contributed by atoms with Crippen LogP contribution in [0.25, 0.3) is 0 Å². The Balaban J connectivity index is 1.71. The maximum atomic E-state index is 11.8. The van der Waals surface area contributed by atoms with E-state index >= 15 is 0 Å². The molecule has 5 heteroatoms. The Hall–Kier alpha value is -1.88. The Morgan fingerprint density at radius 1 is 1.33 bits per heavy atom. The summed E-state index contributed by atoms with van der Waals surface area (Å²) in [5, 5.41) is 6.21. The van der Waals surface area contributed by atoms with E-state index in [1.54, 1.807) is 12.1 Å². The molecule has 1 aliphatic heterocycles. The number of hydrogen-bond donors (Lipinski definition) is 2. The minimum atomic E-state index is -0.351. The van der Waals surface area contributed by atoms with E-state index in [-0.39, 0.29) is 11.9 Å². The SMILES string of the molecule is COC(=O)c1ccc(CNC(=O)CCC2CCNC2)cc1. The molecule has 1 aromatic carbocycles. The fourth-order valence-corrected chi connectivity index (χ4v) is 2.46. The molecule has 114 valence electrons. The topological polar surface area (TPSA) is 67.4 Å². The molecule has 0 aliphatic carbocycles. The highest BCUT2D eigenvalue weighted by atomic mass is 16.5. The minimum absolute atomic E-state index is 0.0824. The van der Waals surface area contributed by atoms with Gasteiger partial charge in [0, 0.05) is 13.0 Å². The zero-order valence-corrected chi connectivity index (χ0v) is 12.4. The van der Waals surface area contributed by atoms with Crippen LogP contribution in [-0.2, 0) is 16.1 Å². The molecule has 0 bridgehead atoms. The van der Waals surface area contributed by atoms with E-state index < -0.39 is 0 Å². The third kappa shape index (κ3) is 4.86. The largest absolute Gasteiger partial charge is 0.465 e. The Labute approximate surface area is 125 Å². The molecule has 21 heavy (non-hydrogen) atoms. The van der Waals surface area contributed by atoms with Gasteiger partial charge in [0.05, 0.1) is 12.7 Å². The van der Waals surface area contributed by atoms with Crippen molar-refractivity contribution in [2.24, 2.45) is 5.92 Å². The van der Waals surface area contributed by atoms with Crippen molar-refractivity contribution in [2.45, 2.75) is 25.8 Å². The van der Waals surface area contributed by atoms with Crippen LogP contribution in [0.4, 0.5) is 0 Å². The van der Waals surface area contributed by atoms with E-state index in [9.17, 15) is 9.59 Å². The molecule has 5 nitrogen and oxygen atoms in total. The number of methoxy groups -OCH3 is 1. The first kappa shape index (κ1) is 15.5. The Bertz CT molecular complexity index is 479. The molecule has 1 aromatic rings. The van der Waals surface area contributed by atoms with Gasteiger partial charge < -0.3 is 15.4 Å². The van der Waals surface area contributed by atoms with E-state index in [1.165, 1.54) is 13.5 Å². The highest BCUT2D eigenvalue weighted by molar-refractivity contribution is 5.89. The molecule has 1 amide bonds. The fraction of sp³-hybridized carbons (Fsp3) is 0.500. The van der Waals surface area contributed by atoms with Gasteiger partial charge in [-0.2, -0.15) is 0 Å². The van der Waals surface area contributed by atoms with Crippen LogP contribution in [0.15, 0.2) is 24.3 Å². The Kier molecular flexibility index (Phi) is 5.75. The number of esters is 1.